The minimum atomic E-state index is 0.603. The number of aromatic nitrogens is 1. The van der Waals surface area contributed by atoms with Crippen molar-refractivity contribution in [2.24, 2.45) is 7.05 Å². The molecule has 1 N–H and O–H groups in total. The Balaban J connectivity index is 2.37. The van der Waals surface area contributed by atoms with Crippen molar-refractivity contribution >= 4 is 0 Å². The van der Waals surface area contributed by atoms with Crippen LogP contribution in [0.4, 0.5) is 0 Å². The van der Waals surface area contributed by atoms with Crippen LogP contribution in [0.1, 0.15) is 23.6 Å². The van der Waals surface area contributed by atoms with E-state index < -0.39 is 0 Å². The van der Waals surface area contributed by atoms with Gasteiger partial charge in [-0.15, -0.1) is 0 Å². The van der Waals surface area contributed by atoms with Gasteiger partial charge in [0.1, 0.15) is 0 Å². The Morgan fingerprint density at radius 2 is 2.36 bits per heavy atom. The smallest absolute Gasteiger partial charge is 0.0338 e. The first-order valence-corrected chi connectivity index (χ1v) is 4.13. The van der Waals surface area contributed by atoms with Gasteiger partial charge in [-0.1, -0.05) is 0 Å². The third-order valence-corrected chi connectivity index (χ3v) is 2.50. The highest BCUT2D eigenvalue weighted by Crippen LogP contribution is 2.30. The van der Waals surface area contributed by atoms with Gasteiger partial charge in [-0.2, -0.15) is 0 Å². The van der Waals surface area contributed by atoms with E-state index in [0.29, 0.717) is 6.04 Å². The second-order valence-electron chi connectivity index (χ2n) is 3.28. The van der Waals surface area contributed by atoms with Crippen molar-refractivity contribution in [3.63, 3.8) is 0 Å². The first-order valence-electron chi connectivity index (χ1n) is 4.13. The van der Waals surface area contributed by atoms with Crippen LogP contribution in [0, 0.1) is 0 Å². The van der Waals surface area contributed by atoms with Crippen LogP contribution in [0.2, 0.25) is 0 Å². The van der Waals surface area contributed by atoms with Crippen LogP contribution in [0.25, 0.3) is 0 Å². The van der Waals surface area contributed by atoms with Gasteiger partial charge in [0.15, 0.2) is 0 Å². The van der Waals surface area contributed by atoms with Crippen LogP contribution in [-0.2, 0) is 13.5 Å². The van der Waals surface area contributed by atoms with Gasteiger partial charge in [-0.25, -0.2) is 0 Å². The zero-order valence-electron chi connectivity index (χ0n) is 7.09. The Kier molecular flexibility index (Phi) is 1.50. The Bertz CT molecular complexity index is 263. The number of hydrogen-bond donors (Lipinski definition) is 1. The molecule has 0 saturated heterocycles. The summed E-state index contributed by atoms with van der Waals surface area (Å²) in [5.41, 5.74) is 3.02. The fourth-order valence-electron chi connectivity index (χ4n) is 1.94. The molecule has 1 aromatic rings. The fraction of sp³-hybridized carbons (Fsp3) is 0.556. The molecule has 1 unspecified atom stereocenters. The summed E-state index contributed by atoms with van der Waals surface area (Å²) in [4.78, 5) is 0. The molecule has 60 valence electrons. The lowest BCUT2D eigenvalue weighted by molar-refractivity contribution is 0.585. The second kappa shape index (κ2) is 2.38. The lowest BCUT2D eigenvalue weighted by atomic mass is 10.2. The second-order valence-corrected chi connectivity index (χ2v) is 3.28. The molecule has 1 heterocycles. The van der Waals surface area contributed by atoms with E-state index in [1.165, 1.54) is 24.0 Å². The lowest BCUT2D eigenvalue weighted by Crippen LogP contribution is -2.12. The molecule has 0 aliphatic heterocycles. The first kappa shape index (κ1) is 6.92. The van der Waals surface area contributed by atoms with Crippen LogP contribution in [0.5, 0.6) is 0 Å². The standard InChI is InChI=1S/C9H14N2/c1-10-9-4-3-7-5-11(2)6-8(7)9/h5-6,9-10H,3-4H2,1-2H3. The van der Waals surface area contributed by atoms with Gasteiger partial charge in [-0.05, 0) is 31.0 Å². The normalized spacial score (nSPS) is 22.2. The van der Waals surface area contributed by atoms with Crippen molar-refractivity contribution in [3.8, 4) is 0 Å². The third-order valence-electron chi connectivity index (χ3n) is 2.50. The maximum atomic E-state index is 3.32. The molecule has 2 nitrogen and oxygen atoms in total. The third kappa shape index (κ3) is 0.979. The quantitative estimate of drug-likeness (QED) is 0.637. The predicted molar refractivity (Wildman–Crippen MR) is 45.5 cm³/mol. The molecule has 0 amide bonds. The summed E-state index contributed by atoms with van der Waals surface area (Å²) in [6.45, 7) is 0. The summed E-state index contributed by atoms with van der Waals surface area (Å²) in [5.74, 6) is 0. The summed E-state index contributed by atoms with van der Waals surface area (Å²) in [7, 11) is 4.12. The highest BCUT2D eigenvalue weighted by Gasteiger charge is 2.21. The van der Waals surface area contributed by atoms with Crippen LogP contribution in [0.15, 0.2) is 12.4 Å². The highest BCUT2D eigenvalue weighted by atomic mass is 14.9. The Morgan fingerprint density at radius 3 is 3.09 bits per heavy atom. The molecular weight excluding hydrogens is 136 g/mol. The maximum Gasteiger partial charge on any atom is 0.0338 e. The van der Waals surface area contributed by atoms with Crippen LogP contribution >= 0.6 is 0 Å². The van der Waals surface area contributed by atoms with Gasteiger partial charge >= 0.3 is 0 Å². The molecule has 0 spiro atoms. The van der Waals surface area contributed by atoms with Crippen molar-refractivity contribution in [1.29, 1.82) is 0 Å². The van der Waals surface area contributed by atoms with E-state index in [-0.39, 0.29) is 0 Å². The van der Waals surface area contributed by atoms with Crippen molar-refractivity contribution in [2.75, 3.05) is 7.05 Å². The first-order chi connectivity index (χ1) is 5.31. The number of nitrogens with one attached hydrogen (secondary N) is 1. The molecule has 0 radical (unpaired) electrons. The SMILES string of the molecule is CNC1CCc2cn(C)cc21. The van der Waals surface area contributed by atoms with Crippen LogP contribution < -0.4 is 5.32 Å². The average Bonchev–Trinajstić information content (AvgIpc) is 2.45. The average molecular weight is 150 g/mol. The van der Waals surface area contributed by atoms with Gasteiger partial charge in [-0.3, -0.25) is 0 Å². The monoisotopic (exact) mass is 150 g/mol. The van der Waals surface area contributed by atoms with Crippen LogP contribution in [0.3, 0.4) is 0 Å². The van der Waals surface area contributed by atoms with E-state index in [0.717, 1.165) is 0 Å². The zero-order chi connectivity index (χ0) is 7.84. The fourth-order valence-corrected chi connectivity index (χ4v) is 1.94. The minimum absolute atomic E-state index is 0.603. The molecule has 1 aliphatic carbocycles. The van der Waals surface area contributed by atoms with Crippen molar-refractivity contribution in [1.82, 2.24) is 9.88 Å². The number of rotatable bonds is 1. The van der Waals surface area contributed by atoms with Gasteiger partial charge < -0.3 is 9.88 Å². The molecule has 1 atom stereocenters. The molecule has 2 rings (SSSR count). The van der Waals surface area contributed by atoms with Crippen molar-refractivity contribution < 1.29 is 0 Å². The van der Waals surface area contributed by atoms with E-state index in [2.05, 4.69) is 29.3 Å². The summed E-state index contributed by atoms with van der Waals surface area (Å²) in [6.07, 6.45) is 6.96. The summed E-state index contributed by atoms with van der Waals surface area (Å²) < 4.78 is 2.15. The number of fused-ring (bicyclic) bond motifs is 1. The molecule has 0 aromatic carbocycles. The lowest BCUT2D eigenvalue weighted by Gasteiger charge is -2.06. The molecule has 11 heavy (non-hydrogen) atoms. The maximum absolute atomic E-state index is 3.32. The van der Waals surface area contributed by atoms with Gasteiger partial charge in [0.05, 0.1) is 0 Å². The number of aryl methyl sites for hydroxylation is 2. The van der Waals surface area contributed by atoms with E-state index in [1.807, 2.05) is 7.05 Å². The summed E-state index contributed by atoms with van der Waals surface area (Å²) in [6, 6.07) is 0.603. The predicted octanol–water partition coefficient (Wildman–Crippen LogP) is 1.23. The molecule has 1 aromatic heterocycles. The van der Waals surface area contributed by atoms with E-state index in [9.17, 15) is 0 Å². The van der Waals surface area contributed by atoms with Gasteiger partial charge in [0, 0.05) is 25.5 Å². The number of hydrogen-bond acceptors (Lipinski definition) is 1. The van der Waals surface area contributed by atoms with Gasteiger partial charge in [0.2, 0.25) is 0 Å². The van der Waals surface area contributed by atoms with E-state index in [1.54, 1.807) is 0 Å². The Hall–Kier alpha value is -0.760. The Labute approximate surface area is 67.2 Å². The van der Waals surface area contributed by atoms with Crippen LogP contribution in [-0.4, -0.2) is 11.6 Å². The minimum Gasteiger partial charge on any atom is -0.357 e. The Morgan fingerprint density at radius 1 is 1.55 bits per heavy atom. The van der Waals surface area contributed by atoms with Gasteiger partial charge in [0.25, 0.3) is 0 Å². The zero-order valence-corrected chi connectivity index (χ0v) is 7.09. The van der Waals surface area contributed by atoms with Crippen molar-refractivity contribution in [3.05, 3.63) is 23.5 Å². The van der Waals surface area contributed by atoms with E-state index >= 15 is 0 Å². The topological polar surface area (TPSA) is 17.0 Å². The number of nitrogens with zero attached hydrogens (tertiary/aromatic N) is 1. The molecular formula is C9H14N2. The summed E-state index contributed by atoms with van der Waals surface area (Å²) in [5, 5.41) is 3.32. The molecule has 2 heteroatoms. The molecule has 0 fully saturated rings. The molecule has 0 saturated carbocycles. The molecule has 1 aliphatic rings. The van der Waals surface area contributed by atoms with Crippen molar-refractivity contribution in [2.45, 2.75) is 18.9 Å². The summed E-state index contributed by atoms with van der Waals surface area (Å²) >= 11 is 0. The highest BCUT2D eigenvalue weighted by molar-refractivity contribution is 5.32. The van der Waals surface area contributed by atoms with E-state index in [4.69, 9.17) is 0 Å². The largest absolute Gasteiger partial charge is 0.357 e. The molecule has 0 bridgehead atoms.